The third-order valence-electron chi connectivity index (χ3n) is 2.73. The number of alkyl halides is 1. The normalized spacial score (nSPS) is 11.3. The number of aryl methyl sites for hydroxylation is 1. The summed E-state index contributed by atoms with van der Waals surface area (Å²) >= 11 is 11.9. The summed E-state index contributed by atoms with van der Waals surface area (Å²) in [5.41, 5.74) is 1.78. The first-order chi connectivity index (χ1) is 8.69. The first-order valence-corrected chi connectivity index (χ1v) is 6.33. The Balaban J connectivity index is 2.32. The van der Waals surface area contributed by atoms with E-state index >= 15 is 0 Å². The topological polar surface area (TPSA) is 35.6 Å². The molecular weight excluding hydrogens is 271 g/mol. The van der Waals surface area contributed by atoms with Crippen LogP contribution in [-0.2, 0) is 12.9 Å². The van der Waals surface area contributed by atoms with Crippen LogP contribution in [-0.4, -0.2) is 19.3 Å². The fourth-order valence-corrected chi connectivity index (χ4v) is 2.32. The van der Waals surface area contributed by atoms with Gasteiger partial charge in [-0.05, 0) is 18.2 Å². The number of rotatable bonds is 2. The molecule has 0 aliphatic rings. The van der Waals surface area contributed by atoms with Gasteiger partial charge in [-0.1, -0.05) is 11.6 Å². The van der Waals surface area contributed by atoms with Gasteiger partial charge in [-0.25, -0.2) is 4.98 Å². The Hall–Kier alpha value is -1.52. The van der Waals surface area contributed by atoms with Gasteiger partial charge in [-0.2, -0.15) is 5.10 Å². The molecule has 6 heteroatoms. The first kappa shape index (κ1) is 11.6. The molecule has 3 aromatic rings. The maximum absolute atomic E-state index is 5.97. The summed E-state index contributed by atoms with van der Waals surface area (Å²) in [7, 11) is 1.87. The van der Waals surface area contributed by atoms with E-state index in [2.05, 4.69) is 10.1 Å². The third kappa shape index (κ3) is 1.78. The van der Waals surface area contributed by atoms with Crippen LogP contribution in [0.4, 0.5) is 0 Å². The smallest absolute Gasteiger partial charge is 0.160 e. The van der Waals surface area contributed by atoms with Crippen molar-refractivity contribution < 1.29 is 0 Å². The van der Waals surface area contributed by atoms with Crippen LogP contribution in [0.25, 0.3) is 16.9 Å². The van der Waals surface area contributed by atoms with Crippen LogP contribution in [0.15, 0.2) is 30.5 Å². The lowest BCUT2D eigenvalue weighted by molar-refractivity contribution is 0.749. The van der Waals surface area contributed by atoms with E-state index in [1.54, 1.807) is 4.68 Å². The molecule has 0 amide bonds. The number of halogens is 2. The van der Waals surface area contributed by atoms with Crippen molar-refractivity contribution in [3.8, 4) is 5.82 Å². The molecule has 1 aromatic carbocycles. The molecule has 0 fully saturated rings. The molecule has 0 unspecified atom stereocenters. The van der Waals surface area contributed by atoms with E-state index < -0.39 is 0 Å². The summed E-state index contributed by atoms with van der Waals surface area (Å²) in [5.74, 6) is 1.88. The van der Waals surface area contributed by atoms with Gasteiger partial charge in [0.05, 0.1) is 16.9 Å². The lowest BCUT2D eigenvalue weighted by Crippen LogP contribution is -2.01. The van der Waals surface area contributed by atoms with Gasteiger partial charge in [0.1, 0.15) is 5.82 Å². The molecule has 0 bridgehead atoms. The maximum atomic E-state index is 5.97. The van der Waals surface area contributed by atoms with E-state index in [4.69, 9.17) is 23.2 Å². The second-order valence-corrected chi connectivity index (χ2v) is 4.68. The summed E-state index contributed by atoms with van der Waals surface area (Å²) in [5, 5.41) is 5.04. The van der Waals surface area contributed by atoms with E-state index in [9.17, 15) is 0 Å². The average molecular weight is 281 g/mol. The fourth-order valence-electron chi connectivity index (χ4n) is 1.97. The van der Waals surface area contributed by atoms with Crippen LogP contribution in [0.5, 0.6) is 0 Å². The second kappa shape index (κ2) is 4.30. The van der Waals surface area contributed by atoms with Crippen molar-refractivity contribution >= 4 is 34.2 Å². The molecule has 0 aliphatic heterocycles. The van der Waals surface area contributed by atoms with Gasteiger partial charge in [-0.15, -0.1) is 11.6 Å². The first-order valence-electron chi connectivity index (χ1n) is 5.42. The van der Waals surface area contributed by atoms with Gasteiger partial charge in [0.2, 0.25) is 0 Å². The van der Waals surface area contributed by atoms with Crippen molar-refractivity contribution in [3.63, 3.8) is 0 Å². The summed E-state index contributed by atoms with van der Waals surface area (Å²) in [4.78, 5) is 4.47. The Morgan fingerprint density at radius 2 is 2.11 bits per heavy atom. The van der Waals surface area contributed by atoms with Gasteiger partial charge in [0, 0.05) is 24.3 Å². The number of imidazole rings is 1. The molecule has 0 radical (unpaired) electrons. The average Bonchev–Trinajstić information content (AvgIpc) is 2.91. The zero-order chi connectivity index (χ0) is 12.7. The Labute approximate surface area is 114 Å². The number of hydrogen-bond acceptors (Lipinski definition) is 2. The van der Waals surface area contributed by atoms with Crippen molar-refractivity contribution in [3.05, 3.63) is 41.3 Å². The molecular formula is C12H10Cl2N4. The van der Waals surface area contributed by atoms with Crippen LogP contribution >= 0.6 is 23.2 Å². The molecule has 3 rings (SSSR count). The summed E-state index contributed by atoms with van der Waals surface area (Å²) in [6.07, 6.45) is 1.88. The monoisotopic (exact) mass is 280 g/mol. The number of benzene rings is 1. The molecule has 0 N–H and O–H groups in total. The van der Waals surface area contributed by atoms with Crippen LogP contribution in [0.1, 0.15) is 5.82 Å². The molecule has 0 saturated heterocycles. The van der Waals surface area contributed by atoms with Crippen molar-refractivity contribution in [2.24, 2.45) is 7.05 Å². The predicted octanol–water partition coefficient (Wildman–Crippen LogP) is 3.15. The molecule has 18 heavy (non-hydrogen) atoms. The minimum absolute atomic E-state index is 0.322. The highest BCUT2D eigenvalue weighted by atomic mass is 35.5. The van der Waals surface area contributed by atoms with E-state index in [1.165, 1.54) is 0 Å². The van der Waals surface area contributed by atoms with Crippen molar-refractivity contribution in [2.45, 2.75) is 5.88 Å². The standard InChI is InChI=1S/C12H10Cl2N4/c1-17-5-4-11(16-17)18-10-3-2-8(14)6-9(10)15-12(18)7-13/h2-6H,7H2,1H3. The Bertz CT molecular complexity index is 714. The molecule has 4 nitrogen and oxygen atoms in total. The van der Waals surface area contributed by atoms with Gasteiger partial charge in [0.25, 0.3) is 0 Å². The number of fused-ring (bicyclic) bond motifs is 1. The molecule has 0 saturated carbocycles. The van der Waals surface area contributed by atoms with E-state index in [0.717, 1.165) is 22.7 Å². The van der Waals surface area contributed by atoms with Crippen molar-refractivity contribution in [2.75, 3.05) is 0 Å². The third-order valence-corrected chi connectivity index (χ3v) is 3.21. The minimum atomic E-state index is 0.322. The molecule has 2 heterocycles. The Kier molecular flexibility index (Phi) is 2.76. The molecule has 0 spiro atoms. The van der Waals surface area contributed by atoms with Crippen LogP contribution < -0.4 is 0 Å². The van der Waals surface area contributed by atoms with E-state index in [1.807, 2.05) is 42.1 Å². The van der Waals surface area contributed by atoms with Crippen LogP contribution in [0.3, 0.4) is 0 Å². The number of nitrogens with zero attached hydrogens (tertiary/aromatic N) is 4. The molecule has 0 atom stereocenters. The SMILES string of the molecule is Cn1ccc(-n2c(CCl)nc3cc(Cl)ccc32)n1. The van der Waals surface area contributed by atoms with E-state index in [-0.39, 0.29) is 0 Å². The van der Waals surface area contributed by atoms with Crippen LogP contribution in [0.2, 0.25) is 5.02 Å². The molecule has 92 valence electrons. The Morgan fingerprint density at radius 3 is 2.78 bits per heavy atom. The fraction of sp³-hybridized carbons (Fsp3) is 0.167. The zero-order valence-corrected chi connectivity index (χ0v) is 11.2. The van der Waals surface area contributed by atoms with Gasteiger partial charge >= 0.3 is 0 Å². The highest BCUT2D eigenvalue weighted by Crippen LogP contribution is 2.24. The largest absolute Gasteiger partial charge is 0.278 e. The Morgan fingerprint density at radius 1 is 1.28 bits per heavy atom. The second-order valence-electron chi connectivity index (χ2n) is 3.98. The minimum Gasteiger partial charge on any atom is -0.278 e. The maximum Gasteiger partial charge on any atom is 0.160 e. The van der Waals surface area contributed by atoms with Crippen LogP contribution in [0, 0.1) is 0 Å². The van der Waals surface area contributed by atoms with E-state index in [0.29, 0.717) is 10.9 Å². The molecule has 0 aliphatic carbocycles. The lowest BCUT2D eigenvalue weighted by Gasteiger charge is -2.03. The summed E-state index contributed by atoms with van der Waals surface area (Å²) in [6.45, 7) is 0. The highest BCUT2D eigenvalue weighted by Gasteiger charge is 2.13. The van der Waals surface area contributed by atoms with Gasteiger partial charge < -0.3 is 0 Å². The van der Waals surface area contributed by atoms with Gasteiger partial charge in [0.15, 0.2) is 5.82 Å². The lowest BCUT2D eigenvalue weighted by atomic mass is 10.3. The predicted molar refractivity (Wildman–Crippen MR) is 72.4 cm³/mol. The van der Waals surface area contributed by atoms with Gasteiger partial charge in [-0.3, -0.25) is 9.25 Å². The summed E-state index contributed by atoms with van der Waals surface area (Å²) < 4.78 is 3.69. The number of aromatic nitrogens is 4. The quantitative estimate of drug-likeness (QED) is 0.676. The molecule has 2 aromatic heterocycles. The highest BCUT2D eigenvalue weighted by molar-refractivity contribution is 6.31. The summed E-state index contributed by atoms with van der Waals surface area (Å²) in [6, 6.07) is 7.51. The van der Waals surface area contributed by atoms with Crippen molar-refractivity contribution in [1.29, 1.82) is 0 Å². The zero-order valence-electron chi connectivity index (χ0n) is 9.64. The van der Waals surface area contributed by atoms with Crippen molar-refractivity contribution in [1.82, 2.24) is 19.3 Å². The number of hydrogen-bond donors (Lipinski definition) is 0.